The molecule has 0 aliphatic carbocycles. The first-order valence-corrected chi connectivity index (χ1v) is 5.31. The highest BCUT2D eigenvalue weighted by Crippen LogP contribution is 2.40. The van der Waals surface area contributed by atoms with Crippen molar-refractivity contribution < 1.29 is 35.5 Å². The van der Waals surface area contributed by atoms with Gasteiger partial charge in [0.05, 0.1) is 0 Å². The third kappa shape index (κ3) is 4.72. The number of thioether (sulfide) groups is 1. The molecule has 0 spiro atoms. The minimum absolute atomic E-state index is 0.377. The van der Waals surface area contributed by atoms with Gasteiger partial charge in [0, 0.05) is 19.1 Å². The summed E-state index contributed by atoms with van der Waals surface area (Å²) in [6, 6.07) is 0. The Hall–Kier alpha value is -0.470. The predicted octanol–water partition coefficient (Wildman–Crippen LogP) is 3.53. The van der Waals surface area contributed by atoms with Crippen LogP contribution >= 0.6 is 11.8 Å². The van der Waals surface area contributed by atoms with Crippen molar-refractivity contribution in [3.63, 3.8) is 0 Å². The van der Waals surface area contributed by atoms with Crippen molar-refractivity contribution in [2.24, 2.45) is 0 Å². The summed E-state index contributed by atoms with van der Waals surface area (Å²) in [5.41, 5.74) is 0. The van der Waals surface area contributed by atoms with Crippen LogP contribution in [0.1, 0.15) is 13.3 Å². The molecule has 0 rings (SSSR count). The Morgan fingerprint density at radius 1 is 1.18 bits per heavy atom. The Morgan fingerprint density at radius 3 is 2.00 bits per heavy atom. The number of halogens is 7. The van der Waals surface area contributed by atoms with E-state index in [2.05, 4.69) is 0 Å². The monoisotopic (exact) mass is 286 g/mol. The standard InChI is InChI=1S/C8H9F7OS/c1-4(16)17-3-2-7(12,13)5(9)8(14,15)6(10)11/h5-6H,2-3H2,1H3. The molecular formula is C8H9F7OS. The summed E-state index contributed by atoms with van der Waals surface area (Å²) in [6.07, 6.45) is -10.2. The van der Waals surface area contributed by atoms with Crippen LogP contribution < -0.4 is 0 Å². The van der Waals surface area contributed by atoms with E-state index in [1.54, 1.807) is 0 Å². The first-order valence-electron chi connectivity index (χ1n) is 4.33. The molecule has 0 bridgehead atoms. The number of rotatable bonds is 6. The van der Waals surface area contributed by atoms with Crippen LogP contribution in [0.25, 0.3) is 0 Å². The highest BCUT2D eigenvalue weighted by molar-refractivity contribution is 8.13. The number of alkyl halides is 7. The third-order valence-electron chi connectivity index (χ3n) is 1.74. The van der Waals surface area contributed by atoms with E-state index in [9.17, 15) is 35.5 Å². The molecular weight excluding hydrogens is 277 g/mol. The summed E-state index contributed by atoms with van der Waals surface area (Å²) in [5.74, 6) is -10.6. The first kappa shape index (κ1) is 16.5. The molecule has 0 saturated carbocycles. The normalized spacial score (nSPS) is 15.1. The molecule has 102 valence electrons. The van der Waals surface area contributed by atoms with Crippen LogP contribution in [-0.4, -0.2) is 35.3 Å². The fourth-order valence-corrected chi connectivity index (χ4v) is 1.51. The smallest absolute Gasteiger partial charge is 0.288 e. The lowest BCUT2D eigenvalue weighted by Crippen LogP contribution is -2.48. The average Bonchev–Trinajstić information content (AvgIpc) is 2.15. The van der Waals surface area contributed by atoms with E-state index in [-0.39, 0.29) is 0 Å². The van der Waals surface area contributed by atoms with Gasteiger partial charge in [-0.25, -0.2) is 22.0 Å². The molecule has 1 nitrogen and oxygen atoms in total. The molecule has 0 radical (unpaired) electrons. The van der Waals surface area contributed by atoms with E-state index in [1.807, 2.05) is 0 Å². The Balaban J connectivity index is 4.53. The summed E-state index contributed by atoms with van der Waals surface area (Å²) < 4.78 is 86.3. The number of hydrogen-bond donors (Lipinski definition) is 0. The number of carbonyl (C=O) groups excluding carboxylic acids is 1. The fraction of sp³-hybridized carbons (Fsp3) is 0.875. The maximum atomic E-state index is 12.8. The van der Waals surface area contributed by atoms with E-state index < -0.39 is 41.7 Å². The molecule has 0 aliphatic heterocycles. The molecule has 0 N–H and O–H groups in total. The van der Waals surface area contributed by atoms with Crippen molar-refractivity contribution >= 4 is 16.9 Å². The molecule has 0 saturated heterocycles. The second-order valence-electron chi connectivity index (χ2n) is 3.19. The van der Waals surface area contributed by atoms with Gasteiger partial charge in [-0.2, -0.15) is 8.78 Å². The molecule has 9 heteroatoms. The topological polar surface area (TPSA) is 17.1 Å². The van der Waals surface area contributed by atoms with Crippen LogP contribution in [0.4, 0.5) is 30.7 Å². The Morgan fingerprint density at radius 2 is 1.65 bits per heavy atom. The minimum Gasteiger partial charge on any atom is -0.288 e. The number of carbonyl (C=O) groups is 1. The van der Waals surface area contributed by atoms with Crippen molar-refractivity contribution in [3.05, 3.63) is 0 Å². The lowest BCUT2D eigenvalue weighted by atomic mass is 10.1. The lowest BCUT2D eigenvalue weighted by Gasteiger charge is -2.26. The predicted molar refractivity (Wildman–Crippen MR) is 48.6 cm³/mol. The Bertz CT molecular complexity index is 269. The molecule has 0 fully saturated rings. The highest BCUT2D eigenvalue weighted by Gasteiger charge is 2.60. The van der Waals surface area contributed by atoms with Gasteiger partial charge in [-0.1, -0.05) is 11.8 Å². The molecule has 0 heterocycles. The molecule has 0 aromatic carbocycles. The number of hydrogen-bond acceptors (Lipinski definition) is 2. The third-order valence-corrected chi connectivity index (χ3v) is 2.56. The van der Waals surface area contributed by atoms with Gasteiger partial charge in [-0.15, -0.1) is 0 Å². The zero-order valence-electron chi connectivity index (χ0n) is 8.53. The van der Waals surface area contributed by atoms with Crippen LogP contribution in [0.5, 0.6) is 0 Å². The molecule has 1 atom stereocenters. The van der Waals surface area contributed by atoms with Gasteiger partial charge in [-0.3, -0.25) is 4.79 Å². The van der Waals surface area contributed by atoms with Crippen LogP contribution in [-0.2, 0) is 4.79 Å². The van der Waals surface area contributed by atoms with E-state index in [0.717, 1.165) is 6.92 Å². The molecule has 0 aliphatic rings. The summed E-state index contributed by atoms with van der Waals surface area (Å²) in [4.78, 5) is 10.4. The van der Waals surface area contributed by atoms with Gasteiger partial charge in [0.2, 0.25) is 6.17 Å². The summed E-state index contributed by atoms with van der Waals surface area (Å²) in [6.45, 7) is 1.05. The lowest BCUT2D eigenvalue weighted by molar-refractivity contribution is -0.231. The summed E-state index contributed by atoms with van der Waals surface area (Å²) in [7, 11) is 0. The van der Waals surface area contributed by atoms with Crippen molar-refractivity contribution in [1.29, 1.82) is 0 Å². The largest absolute Gasteiger partial charge is 0.343 e. The minimum atomic E-state index is -5.41. The van der Waals surface area contributed by atoms with Gasteiger partial charge in [0.25, 0.3) is 5.92 Å². The highest BCUT2D eigenvalue weighted by atomic mass is 32.2. The average molecular weight is 286 g/mol. The van der Waals surface area contributed by atoms with E-state index in [4.69, 9.17) is 0 Å². The summed E-state index contributed by atoms with van der Waals surface area (Å²) in [5, 5.41) is -0.558. The van der Waals surface area contributed by atoms with Crippen LogP contribution in [0.15, 0.2) is 0 Å². The summed E-state index contributed by atoms with van der Waals surface area (Å²) >= 11 is 0.377. The van der Waals surface area contributed by atoms with Crippen LogP contribution in [0.3, 0.4) is 0 Å². The SMILES string of the molecule is CC(=O)SCCC(F)(F)C(F)C(F)(F)C(F)F. The van der Waals surface area contributed by atoms with E-state index >= 15 is 0 Å². The van der Waals surface area contributed by atoms with Crippen molar-refractivity contribution in [1.82, 2.24) is 0 Å². The Kier molecular flexibility index (Phi) is 5.76. The second kappa shape index (κ2) is 5.92. The van der Waals surface area contributed by atoms with Crippen molar-refractivity contribution in [2.45, 2.75) is 37.8 Å². The van der Waals surface area contributed by atoms with Gasteiger partial charge in [0.1, 0.15) is 0 Å². The van der Waals surface area contributed by atoms with Crippen LogP contribution in [0, 0.1) is 0 Å². The van der Waals surface area contributed by atoms with E-state index in [1.165, 1.54) is 0 Å². The van der Waals surface area contributed by atoms with Gasteiger partial charge in [-0.05, 0) is 0 Å². The molecule has 0 amide bonds. The van der Waals surface area contributed by atoms with Crippen molar-refractivity contribution in [2.75, 3.05) is 5.75 Å². The Labute approximate surface area is 96.7 Å². The van der Waals surface area contributed by atoms with Crippen LogP contribution in [0.2, 0.25) is 0 Å². The zero-order chi connectivity index (χ0) is 13.9. The zero-order valence-corrected chi connectivity index (χ0v) is 9.35. The maximum Gasteiger partial charge on any atom is 0.343 e. The molecule has 0 aromatic rings. The second-order valence-corrected chi connectivity index (χ2v) is 4.46. The fourth-order valence-electron chi connectivity index (χ4n) is 0.850. The van der Waals surface area contributed by atoms with Crippen molar-refractivity contribution in [3.8, 4) is 0 Å². The van der Waals surface area contributed by atoms with Gasteiger partial charge in [0.15, 0.2) is 5.12 Å². The van der Waals surface area contributed by atoms with Gasteiger partial charge < -0.3 is 0 Å². The molecule has 1 unspecified atom stereocenters. The molecule has 17 heavy (non-hydrogen) atoms. The van der Waals surface area contributed by atoms with Gasteiger partial charge >= 0.3 is 12.3 Å². The quantitative estimate of drug-likeness (QED) is 0.695. The first-order chi connectivity index (χ1) is 7.51. The van der Waals surface area contributed by atoms with E-state index in [0.29, 0.717) is 11.8 Å². The maximum absolute atomic E-state index is 12.8. The molecule has 0 aromatic heterocycles.